The van der Waals surface area contributed by atoms with E-state index >= 15 is 0 Å². The number of aliphatic imine (C=N–C) groups is 1. The lowest BCUT2D eigenvalue weighted by Crippen LogP contribution is -2.42. The first kappa shape index (κ1) is 23.8. The van der Waals surface area contributed by atoms with Crippen molar-refractivity contribution in [3.05, 3.63) is 52.2 Å². The molecule has 1 aliphatic heterocycles. The van der Waals surface area contributed by atoms with Crippen LogP contribution in [0, 0.1) is 0 Å². The van der Waals surface area contributed by atoms with Crippen molar-refractivity contribution in [2.45, 2.75) is 45.8 Å². The van der Waals surface area contributed by atoms with E-state index in [4.69, 9.17) is 23.1 Å². The number of hydrogen-bond donors (Lipinski definition) is 4. The number of unbranched alkanes of at least 4 members (excludes halogenated alkanes) is 1. The third-order valence-electron chi connectivity index (χ3n) is 4.91. The number of guanidine groups is 1. The third kappa shape index (κ3) is 6.50. The molecule has 0 saturated heterocycles. The third-order valence-corrected chi connectivity index (χ3v) is 5.22. The number of aliphatic hydroxyl groups excluding tert-OH is 1. The highest BCUT2D eigenvalue weighted by molar-refractivity contribution is 6.32. The fourth-order valence-electron chi connectivity index (χ4n) is 3.51. The van der Waals surface area contributed by atoms with Crippen LogP contribution in [0.3, 0.4) is 0 Å². The number of hydrogen-bond acceptors (Lipinski definition) is 5. The van der Waals surface area contributed by atoms with Crippen LogP contribution in [-0.2, 0) is 4.79 Å². The second-order valence-corrected chi connectivity index (χ2v) is 7.77. The molecule has 0 aromatic heterocycles. The molecule has 0 spiro atoms. The van der Waals surface area contributed by atoms with Crippen molar-refractivity contribution in [2.24, 2.45) is 16.5 Å². The molecule has 0 aliphatic carbocycles. The predicted octanol–water partition coefficient (Wildman–Crippen LogP) is 2.51. The molecule has 164 valence electrons. The van der Waals surface area contributed by atoms with E-state index in [0.717, 1.165) is 30.4 Å². The largest absolute Gasteiger partial charge is 0.385 e. The van der Waals surface area contributed by atoms with E-state index in [-0.39, 0.29) is 18.3 Å². The van der Waals surface area contributed by atoms with Gasteiger partial charge in [0, 0.05) is 24.5 Å². The van der Waals surface area contributed by atoms with Crippen LogP contribution in [0.5, 0.6) is 0 Å². The van der Waals surface area contributed by atoms with Gasteiger partial charge in [-0.25, -0.2) is 0 Å². The van der Waals surface area contributed by atoms with Gasteiger partial charge in [0.1, 0.15) is 5.78 Å². The molecule has 1 unspecified atom stereocenters. The van der Waals surface area contributed by atoms with E-state index < -0.39 is 6.23 Å². The van der Waals surface area contributed by atoms with Gasteiger partial charge in [0.05, 0.1) is 17.9 Å². The van der Waals surface area contributed by atoms with Gasteiger partial charge >= 0.3 is 0 Å². The number of Topliss-reactive ketones (excluding diaryl/α,β-unsaturated/α-hetero) is 1. The van der Waals surface area contributed by atoms with E-state index in [0.29, 0.717) is 35.9 Å². The standard InChI is InChI=1S/C22H32ClN5O2/c1-3-16-13-18(23)20(17-9-5-4-6-10-17)28(14-15(2)29)21(30)19(16)26-11-7-8-12-27-22(24)25/h4-6,9-10,21,26,30H,3,7-8,11-14H2,1-2H3,(H4,24,25,27). The molecule has 0 radical (unpaired) electrons. The molecule has 0 saturated carbocycles. The van der Waals surface area contributed by atoms with Crippen LogP contribution in [0.1, 0.15) is 45.1 Å². The Morgan fingerprint density at radius 1 is 1.30 bits per heavy atom. The Morgan fingerprint density at radius 2 is 2.00 bits per heavy atom. The number of aliphatic hydroxyl groups is 1. The minimum Gasteiger partial charge on any atom is -0.385 e. The number of nitrogens with zero attached hydrogens (tertiary/aromatic N) is 2. The van der Waals surface area contributed by atoms with Gasteiger partial charge in [0.2, 0.25) is 0 Å². The summed E-state index contributed by atoms with van der Waals surface area (Å²) >= 11 is 6.75. The van der Waals surface area contributed by atoms with Crippen LogP contribution in [0.4, 0.5) is 0 Å². The summed E-state index contributed by atoms with van der Waals surface area (Å²) in [6, 6.07) is 9.63. The SMILES string of the molecule is CCC1=C(NCCCCN=C(N)N)C(O)N(CC(C)=O)C(c2ccccc2)=C(Cl)C1. The number of carbonyl (C=O) groups is 1. The Morgan fingerprint density at radius 3 is 2.60 bits per heavy atom. The van der Waals surface area contributed by atoms with Gasteiger partial charge in [-0.3, -0.25) is 9.79 Å². The highest BCUT2D eigenvalue weighted by Crippen LogP contribution is 2.36. The monoisotopic (exact) mass is 433 g/mol. The molecule has 1 aromatic carbocycles. The van der Waals surface area contributed by atoms with Crippen LogP contribution in [0.25, 0.3) is 5.70 Å². The van der Waals surface area contributed by atoms with Gasteiger partial charge in [0.15, 0.2) is 12.2 Å². The topological polar surface area (TPSA) is 117 Å². The van der Waals surface area contributed by atoms with Gasteiger partial charge in [-0.05, 0) is 37.3 Å². The molecule has 30 heavy (non-hydrogen) atoms. The van der Waals surface area contributed by atoms with Crippen LogP contribution in [0.15, 0.2) is 51.6 Å². The fourth-order valence-corrected chi connectivity index (χ4v) is 3.89. The van der Waals surface area contributed by atoms with Gasteiger partial charge < -0.3 is 26.8 Å². The number of allylic oxidation sites excluding steroid dienone is 2. The van der Waals surface area contributed by atoms with Crippen LogP contribution >= 0.6 is 11.6 Å². The van der Waals surface area contributed by atoms with E-state index in [2.05, 4.69) is 10.3 Å². The van der Waals surface area contributed by atoms with Crippen molar-refractivity contribution >= 4 is 29.0 Å². The average Bonchev–Trinajstić information content (AvgIpc) is 2.80. The Labute approximate surface area is 183 Å². The van der Waals surface area contributed by atoms with Gasteiger partial charge in [0.25, 0.3) is 0 Å². The first-order valence-corrected chi connectivity index (χ1v) is 10.6. The molecule has 0 fully saturated rings. The first-order valence-electron chi connectivity index (χ1n) is 10.2. The number of halogens is 1. The second-order valence-electron chi connectivity index (χ2n) is 7.31. The summed E-state index contributed by atoms with van der Waals surface area (Å²) in [5, 5.41) is 15.3. The molecule has 0 amide bonds. The van der Waals surface area contributed by atoms with Gasteiger partial charge in [-0.15, -0.1) is 0 Å². The number of ketones is 1. The van der Waals surface area contributed by atoms with Crippen LogP contribution in [-0.4, -0.2) is 47.6 Å². The highest BCUT2D eigenvalue weighted by Gasteiger charge is 2.31. The number of nitrogens with one attached hydrogen (secondary N) is 1. The Bertz CT molecular complexity index is 816. The summed E-state index contributed by atoms with van der Waals surface area (Å²) in [5.74, 6) is 0.0376. The summed E-state index contributed by atoms with van der Waals surface area (Å²) in [6.45, 7) is 4.83. The minimum atomic E-state index is -0.993. The maximum Gasteiger partial charge on any atom is 0.185 e. The average molecular weight is 434 g/mol. The first-order chi connectivity index (χ1) is 14.3. The highest BCUT2D eigenvalue weighted by atomic mass is 35.5. The van der Waals surface area contributed by atoms with E-state index in [9.17, 15) is 9.90 Å². The lowest BCUT2D eigenvalue weighted by Gasteiger charge is -2.33. The van der Waals surface area contributed by atoms with E-state index in [1.54, 1.807) is 4.90 Å². The molecule has 0 bridgehead atoms. The number of rotatable bonds is 10. The summed E-state index contributed by atoms with van der Waals surface area (Å²) in [5.41, 5.74) is 14.0. The van der Waals surface area contributed by atoms with Gasteiger partial charge in [-0.1, -0.05) is 48.9 Å². The summed E-state index contributed by atoms with van der Waals surface area (Å²) < 4.78 is 0. The molecule has 1 aromatic rings. The lowest BCUT2D eigenvalue weighted by molar-refractivity contribution is -0.118. The number of nitrogens with two attached hydrogens (primary N) is 2. The molecular weight excluding hydrogens is 402 g/mol. The van der Waals surface area contributed by atoms with Crippen molar-refractivity contribution in [1.82, 2.24) is 10.2 Å². The molecule has 1 aliphatic rings. The zero-order valence-corrected chi connectivity index (χ0v) is 18.5. The lowest BCUT2D eigenvalue weighted by atomic mass is 10.1. The smallest absolute Gasteiger partial charge is 0.185 e. The normalized spacial score (nSPS) is 17.1. The van der Waals surface area contributed by atoms with Crippen LogP contribution < -0.4 is 16.8 Å². The zero-order valence-electron chi connectivity index (χ0n) is 17.7. The van der Waals surface area contributed by atoms with Crippen molar-refractivity contribution < 1.29 is 9.90 Å². The van der Waals surface area contributed by atoms with Crippen molar-refractivity contribution in [3.8, 4) is 0 Å². The number of carbonyl (C=O) groups excluding carboxylic acids is 1. The van der Waals surface area contributed by atoms with E-state index in [1.807, 2.05) is 37.3 Å². The Hall–Kier alpha value is -2.51. The summed E-state index contributed by atoms with van der Waals surface area (Å²) in [7, 11) is 0. The molecule has 6 N–H and O–H groups in total. The predicted molar refractivity (Wildman–Crippen MR) is 122 cm³/mol. The number of benzene rings is 1. The molecule has 1 atom stereocenters. The minimum absolute atomic E-state index is 0.0523. The van der Waals surface area contributed by atoms with Crippen LogP contribution in [0.2, 0.25) is 0 Å². The molecule has 8 heteroatoms. The summed E-state index contributed by atoms with van der Waals surface area (Å²) in [6.07, 6.45) is 1.92. The maximum atomic E-state index is 12.0. The molecule has 2 rings (SSSR count). The zero-order chi connectivity index (χ0) is 22.1. The second kappa shape index (κ2) is 11.6. The fraction of sp³-hybridized carbons (Fsp3) is 0.455. The summed E-state index contributed by atoms with van der Waals surface area (Å²) in [4.78, 5) is 17.7. The molecule has 1 heterocycles. The Balaban J connectivity index is 2.27. The van der Waals surface area contributed by atoms with Crippen molar-refractivity contribution in [3.63, 3.8) is 0 Å². The van der Waals surface area contributed by atoms with Crippen molar-refractivity contribution in [2.75, 3.05) is 19.6 Å². The van der Waals surface area contributed by atoms with Gasteiger partial charge in [-0.2, -0.15) is 0 Å². The Kier molecular flexibility index (Phi) is 9.20. The van der Waals surface area contributed by atoms with Crippen molar-refractivity contribution in [1.29, 1.82) is 0 Å². The molecular formula is C22H32ClN5O2. The quantitative estimate of drug-likeness (QED) is 0.256. The molecule has 7 nitrogen and oxygen atoms in total. The maximum absolute atomic E-state index is 12.0. The van der Waals surface area contributed by atoms with E-state index in [1.165, 1.54) is 6.92 Å².